The van der Waals surface area contributed by atoms with Crippen molar-refractivity contribution < 1.29 is 23.8 Å². The van der Waals surface area contributed by atoms with Crippen molar-refractivity contribution >= 4 is 11.8 Å². The first kappa shape index (κ1) is 16.6. The van der Waals surface area contributed by atoms with Crippen molar-refractivity contribution in [1.29, 1.82) is 0 Å². The van der Waals surface area contributed by atoms with E-state index < -0.39 is 11.8 Å². The zero-order valence-electron chi connectivity index (χ0n) is 13.7. The lowest BCUT2D eigenvalue weighted by molar-refractivity contribution is -0.123. The van der Waals surface area contributed by atoms with Crippen molar-refractivity contribution in [2.24, 2.45) is 0 Å². The molecule has 7 heteroatoms. The van der Waals surface area contributed by atoms with E-state index in [0.29, 0.717) is 36.0 Å². The van der Waals surface area contributed by atoms with Gasteiger partial charge in [-0.05, 0) is 42.8 Å². The number of hydrogen-bond acceptors (Lipinski definition) is 5. The summed E-state index contributed by atoms with van der Waals surface area (Å²) in [7, 11) is 0. The van der Waals surface area contributed by atoms with Crippen LogP contribution >= 0.6 is 0 Å². The molecule has 1 heterocycles. The molecule has 2 aromatic rings. The second-order valence-electron chi connectivity index (χ2n) is 5.47. The third-order valence-corrected chi connectivity index (χ3v) is 3.48. The van der Waals surface area contributed by atoms with Crippen molar-refractivity contribution in [3.05, 3.63) is 53.6 Å². The summed E-state index contributed by atoms with van der Waals surface area (Å²) < 4.78 is 16.2. The van der Waals surface area contributed by atoms with Crippen LogP contribution in [0.2, 0.25) is 0 Å². The van der Waals surface area contributed by atoms with Gasteiger partial charge in [-0.3, -0.25) is 20.4 Å². The highest BCUT2D eigenvalue weighted by molar-refractivity contribution is 5.96. The van der Waals surface area contributed by atoms with Gasteiger partial charge in [0.25, 0.3) is 11.8 Å². The van der Waals surface area contributed by atoms with E-state index in [0.717, 1.165) is 5.56 Å². The van der Waals surface area contributed by atoms with Gasteiger partial charge in [-0.1, -0.05) is 12.1 Å². The minimum atomic E-state index is -0.465. The summed E-state index contributed by atoms with van der Waals surface area (Å²) in [6.07, 6.45) is 0. The maximum Gasteiger partial charge on any atom is 0.276 e. The molecule has 0 unspecified atom stereocenters. The standard InChI is InChI=1S/C18H18N2O5/c1-12-3-2-4-14(9-12)25-11-17(21)19-20-18(22)13-5-6-15-16(10-13)24-8-7-23-15/h2-6,9-10H,7-8,11H2,1H3,(H,19,21)(H,20,22). The largest absolute Gasteiger partial charge is 0.486 e. The normalized spacial score (nSPS) is 12.2. The fraction of sp³-hybridized carbons (Fsp3) is 0.222. The average molecular weight is 342 g/mol. The molecule has 0 aliphatic carbocycles. The molecule has 0 spiro atoms. The van der Waals surface area contributed by atoms with E-state index in [4.69, 9.17) is 14.2 Å². The Hall–Kier alpha value is -3.22. The van der Waals surface area contributed by atoms with Gasteiger partial charge in [0.15, 0.2) is 18.1 Å². The van der Waals surface area contributed by atoms with E-state index in [1.54, 1.807) is 24.3 Å². The minimum absolute atomic E-state index is 0.203. The van der Waals surface area contributed by atoms with Gasteiger partial charge < -0.3 is 14.2 Å². The number of fused-ring (bicyclic) bond motifs is 1. The van der Waals surface area contributed by atoms with Crippen molar-refractivity contribution in [3.63, 3.8) is 0 Å². The van der Waals surface area contributed by atoms with Gasteiger partial charge in [0.05, 0.1) is 0 Å². The van der Waals surface area contributed by atoms with Gasteiger partial charge in [-0.25, -0.2) is 0 Å². The lowest BCUT2D eigenvalue weighted by atomic mass is 10.2. The van der Waals surface area contributed by atoms with E-state index in [1.807, 2.05) is 25.1 Å². The lowest BCUT2D eigenvalue weighted by Gasteiger charge is -2.18. The summed E-state index contributed by atoms with van der Waals surface area (Å²) in [5.41, 5.74) is 6.03. The fourth-order valence-electron chi connectivity index (χ4n) is 2.27. The Balaban J connectivity index is 1.49. The van der Waals surface area contributed by atoms with E-state index in [9.17, 15) is 9.59 Å². The van der Waals surface area contributed by atoms with Crippen molar-refractivity contribution in [2.75, 3.05) is 19.8 Å². The SMILES string of the molecule is Cc1cccc(OCC(=O)NNC(=O)c2ccc3c(c2)OCCO3)c1. The number of nitrogens with one attached hydrogen (secondary N) is 2. The topological polar surface area (TPSA) is 85.9 Å². The highest BCUT2D eigenvalue weighted by Crippen LogP contribution is 2.30. The first-order valence-electron chi connectivity index (χ1n) is 7.80. The lowest BCUT2D eigenvalue weighted by Crippen LogP contribution is -2.43. The fourth-order valence-corrected chi connectivity index (χ4v) is 2.27. The van der Waals surface area contributed by atoms with Gasteiger partial charge >= 0.3 is 0 Å². The van der Waals surface area contributed by atoms with Gasteiger partial charge in [0.1, 0.15) is 19.0 Å². The van der Waals surface area contributed by atoms with Crippen molar-refractivity contribution in [2.45, 2.75) is 6.92 Å². The molecule has 25 heavy (non-hydrogen) atoms. The molecular formula is C18H18N2O5. The average Bonchev–Trinajstić information content (AvgIpc) is 2.64. The molecule has 0 aromatic heterocycles. The molecule has 0 atom stereocenters. The number of rotatable bonds is 4. The van der Waals surface area contributed by atoms with E-state index in [1.165, 1.54) is 0 Å². The van der Waals surface area contributed by atoms with Crippen LogP contribution in [0.25, 0.3) is 0 Å². The smallest absolute Gasteiger partial charge is 0.276 e. The first-order valence-corrected chi connectivity index (χ1v) is 7.80. The predicted octanol–water partition coefficient (Wildman–Crippen LogP) is 1.61. The Morgan fingerprint density at radius 2 is 1.84 bits per heavy atom. The molecule has 1 aliphatic rings. The van der Waals surface area contributed by atoms with Gasteiger partial charge in [0, 0.05) is 5.56 Å². The number of carbonyl (C=O) groups is 2. The zero-order chi connectivity index (χ0) is 17.6. The Morgan fingerprint density at radius 3 is 2.64 bits per heavy atom. The zero-order valence-corrected chi connectivity index (χ0v) is 13.7. The van der Waals surface area contributed by atoms with Gasteiger partial charge in [0.2, 0.25) is 0 Å². The summed E-state index contributed by atoms with van der Waals surface area (Å²) in [6, 6.07) is 12.2. The summed E-state index contributed by atoms with van der Waals surface area (Å²) in [5, 5.41) is 0. The molecule has 130 valence electrons. The quantitative estimate of drug-likeness (QED) is 0.825. The Bertz CT molecular complexity index is 791. The van der Waals surface area contributed by atoms with Crippen LogP contribution in [0.4, 0.5) is 0 Å². The number of aryl methyl sites for hydroxylation is 1. The van der Waals surface area contributed by atoms with Crippen LogP contribution in [0, 0.1) is 6.92 Å². The third-order valence-electron chi connectivity index (χ3n) is 3.48. The van der Waals surface area contributed by atoms with E-state index in [-0.39, 0.29) is 6.61 Å². The molecule has 7 nitrogen and oxygen atoms in total. The number of hydrazine groups is 1. The van der Waals surface area contributed by atoms with E-state index in [2.05, 4.69) is 10.9 Å². The molecule has 2 amide bonds. The Kier molecular flexibility index (Phi) is 5.03. The highest BCUT2D eigenvalue weighted by atomic mass is 16.6. The van der Waals surface area contributed by atoms with Gasteiger partial charge in [-0.2, -0.15) is 0 Å². The van der Waals surface area contributed by atoms with Crippen LogP contribution in [0.1, 0.15) is 15.9 Å². The molecule has 0 saturated carbocycles. The summed E-state index contributed by atoms with van der Waals surface area (Å²) >= 11 is 0. The summed E-state index contributed by atoms with van der Waals surface area (Å²) in [5.74, 6) is 0.771. The van der Waals surface area contributed by atoms with Crippen LogP contribution < -0.4 is 25.1 Å². The molecule has 2 aromatic carbocycles. The first-order chi connectivity index (χ1) is 12.1. The maximum absolute atomic E-state index is 12.1. The summed E-state index contributed by atoms with van der Waals surface area (Å²) in [4.78, 5) is 23.9. The molecule has 0 radical (unpaired) electrons. The molecule has 0 saturated heterocycles. The van der Waals surface area contributed by atoms with Crippen molar-refractivity contribution in [3.8, 4) is 17.2 Å². The van der Waals surface area contributed by atoms with Crippen LogP contribution in [0.15, 0.2) is 42.5 Å². The van der Waals surface area contributed by atoms with Crippen LogP contribution in [-0.2, 0) is 4.79 Å². The number of hydrogen-bond donors (Lipinski definition) is 2. The Labute approximate surface area is 144 Å². The second kappa shape index (κ2) is 7.57. The van der Waals surface area contributed by atoms with Crippen LogP contribution in [-0.4, -0.2) is 31.6 Å². The molecule has 3 rings (SSSR count). The van der Waals surface area contributed by atoms with Crippen LogP contribution in [0.3, 0.4) is 0 Å². The number of benzene rings is 2. The maximum atomic E-state index is 12.1. The second-order valence-corrected chi connectivity index (χ2v) is 5.47. The summed E-state index contributed by atoms with van der Waals surface area (Å²) in [6.45, 7) is 2.64. The number of amides is 2. The highest BCUT2D eigenvalue weighted by Gasteiger charge is 2.15. The molecular weight excluding hydrogens is 324 g/mol. The van der Waals surface area contributed by atoms with Crippen LogP contribution in [0.5, 0.6) is 17.2 Å². The number of carbonyl (C=O) groups excluding carboxylic acids is 2. The monoisotopic (exact) mass is 342 g/mol. The number of ether oxygens (including phenoxy) is 3. The predicted molar refractivity (Wildman–Crippen MR) is 89.7 cm³/mol. The molecule has 2 N–H and O–H groups in total. The van der Waals surface area contributed by atoms with E-state index >= 15 is 0 Å². The van der Waals surface area contributed by atoms with Gasteiger partial charge in [-0.15, -0.1) is 0 Å². The van der Waals surface area contributed by atoms with Crippen molar-refractivity contribution in [1.82, 2.24) is 10.9 Å². The minimum Gasteiger partial charge on any atom is -0.486 e. The molecule has 0 bridgehead atoms. The third kappa shape index (κ3) is 4.41. The molecule has 0 fully saturated rings. The molecule has 1 aliphatic heterocycles. The Morgan fingerprint density at radius 1 is 1.04 bits per heavy atom.